The molecule has 1 amide bonds. The molecule has 2 N–H and O–H groups in total. The zero-order valence-corrected chi connectivity index (χ0v) is 24.0. The smallest absolute Gasteiger partial charge is 0.407 e. The zero-order valence-electron chi connectivity index (χ0n) is 24.0. The number of fused-ring (bicyclic) bond motifs is 2. The van der Waals surface area contributed by atoms with Gasteiger partial charge < -0.3 is 20.1 Å². The number of nitrogens with zero attached hydrogens (tertiary/aromatic N) is 3. The molecule has 3 heterocycles. The van der Waals surface area contributed by atoms with Crippen LogP contribution >= 0.6 is 0 Å². The molecule has 43 heavy (non-hydrogen) atoms. The number of carbonyl (C=O) groups excluding carboxylic acids is 2. The number of hydrogen-bond acceptors (Lipinski definition) is 8. The van der Waals surface area contributed by atoms with E-state index in [1.807, 2.05) is 72.9 Å². The van der Waals surface area contributed by atoms with Gasteiger partial charge in [-0.3, -0.25) is 9.97 Å². The molecule has 9 nitrogen and oxygen atoms in total. The van der Waals surface area contributed by atoms with Gasteiger partial charge in [0.1, 0.15) is 17.7 Å². The molecule has 1 aliphatic rings. The van der Waals surface area contributed by atoms with E-state index in [1.54, 1.807) is 13.1 Å². The summed E-state index contributed by atoms with van der Waals surface area (Å²) in [4.78, 5) is 39.5. The molecule has 2 aromatic carbocycles. The summed E-state index contributed by atoms with van der Waals surface area (Å²) < 4.78 is 10.8. The lowest BCUT2D eigenvalue weighted by Crippen LogP contribution is -2.40. The minimum absolute atomic E-state index is 0.0187. The minimum atomic E-state index is -0.449. The molecule has 218 valence electrons. The molecule has 1 fully saturated rings. The summed E-state index contributed by atoms with van der Waals surface area (Å²) in [6, 6.07) is 23.5. The lowest BCUT2D eigenvalue weighted by atomic mass is 9.91. The summed E-state index contributed by atoms with van der Waals surface area (Å²) in [6.07, 6.45) is 6.09. The van der Waals surface area contributed by atoms with E-state index in [2.05, 4.69) is 26.7 Å². The fourth-order valence-corrected chi connectivity index (χ4v) is 5.47. The standard InChI is InChI=1S/C34H33N5O4/c1-2-42-33(40)27-20-36-30-17-16-29(24-18-23-10-6-7-11-28(23)35-19-24)39-32(30)31(27)37-25-12-14-26(15-13-25)38-34(41)43-21-22-8-4-3-5-9-22/h3-11,16-20,25-26H,2,12-15,21H2,1H3,(H,36,37)(H,38,41)/t25-,26-. The van der Waals surface area contributed by atoms with E-state index in [0.29, 0.717) is 22.3 Å². The van der Waals surface area contributed by atoms with Gasteiger partial charge in [-0.15, -0.1) is 0 Å². The van der Waals surface area contributed by atoms with Gasteiger partial charge >= 0.3 is 12.1 Å². The zero-order chi connectivity index (χ0) is 29.6. The maximum absolute atomic E-state index is 13.0. The van der Waals surface area contributed by atoms with Gasteiger partial charge in [0.05, 0.1) is 29.0 Å². The topological polar surface area (TPSA) is 115 Å². The van der Waals surface area contributed by atoms with E-state index in [4.69, 9.17) is 14.5 Å². The Morgan fingerprint density at radius 2 is 1.58 bits per heavy atom. The molecule has 0 atom stereocenters. The summed E-state index contributed by atoms with van der Waals surface area (Å²) in [5.41, 5.74) is 5.69. The number of esters is 1. The molecule has 6 rings (SSSR count). The molecule has 3 aromatic heterocycles. The highest BCUT2D eigenvalue weighted by Crippen LogP contribution is 2.32. The normalized spacial score (nSPS) is 16.5. The summed E-state index contributed by atoms with van der Waals surface area (Å²) in [5, 5.41) is 7.62. The van der Waals surface area contributed by atoms with Crippen LogP contribution in [0.25, 0.3) is 33.2 Å². The van der Waals surface area contributed by atoms with Crippen molar-refractivity contribution in [1.29, 1.82) is 0 Å². The van der Waals surface area contributed by atoms with Gasteiger partial charge in [-0.25, -0.2) is 14.6 Å². The summed E-state index contributed by atoms with van der Waals surface area (Å²) in [5.74, 6) is -0.449. The summed E-state index contributed by atoms with van der Waals surface area (Å²) in [7, 11) is 0. The van der Waals surface area contributed by atoms with Crippen LogP contribution in [0.15, 0.2) is 85.2 Å². The van der Waals surface area contributed by atoms with Gasteiger partial charge in [-0.1, -0.05) is 48.5 Å². The van der Waals surface area contributed by atoms with Crippen molar-refractivity contribution in [3.63, 3.8) is 0 Å². The monoisotopic (exact) mass is 575 g/mol. The minimum Gasteiger partial charge on any atom is -0.462 e. The van der Waals surface area contributed by atoms with Gasteiger partial charge in [-0.05, 0) is 62.4 Å². The number of nitrogens with one attached hydrogen (secondary N) is 2. The first kappa shape index (κ1) is 28.1. The second-order valence-corrected chi connectivity index (χ2v) is 10.6. The van der Waals surface area contributed by atoms with E-state index in [0.717, 1.165) is 53.4 Å². The number of ether oxygens (including phenoxy) is 2. The third-order valence-electron chi connectivity index (χ3n) is 7.70. The first-order valence-electron chi connectivity index (χ1n) is 14.6. The quantitative estimate of drug-likeness (QED) is 0.197. The Balaban J connectivity index is 1.20. The highest BCUT2D eigenvalue weighted by Gasteiger charge is 2.26. The van der Waals surface area contributed by atoms with Crippen LogP contribution in [0.4, 0.5) is 10.5 Å². The molecule has 0 saturated heterocycles. The molecule has 0 radical (unpaired) electrons. The summed E-state index contributed by atoms with van der Waals surface area (Å²) in [6.45, 7) is 2.27. The second-order valence-electron chi connectivity index (χ2n) is 10.6. The Kier molecular flexibility index (Phi) is 8.40. The van der Waals surface area contributed by atoms with Crippen molar-refractivity contribution in [2.75, 3.05) is 11.9 Å². The van der Waals surface area contributed by atoms with E-state index >= 15 is 0 Å². The van der Waals surface area contributed by atoms with E-state index in [-0.39, 0.29) is 25.3 Å². The molecule has 0 spiro atoms. The molecule has 9 heteroatoms. The average molecular weight is 576 g/mol. The Morgan fingerprint density at radius 3 is 2.40 bits per heavy atom. The predicted molar refractivity (Wildman–Crippen MR) is 166 cm³/mol. The van der Waals surface area contributed by atoms with Crippen molar-refractivity contribution in [3.8, 4) is 11.3 Å². The lowest BCUT2D eigenvalue weighted by Gasteiger charge is -2.30. The SMILES string of the molecule is CCOC(=O)c1cnc2ccc(-c3cnc4ccccc4c3)nc2c1N[C@H]1CC[C@H](NC(=O)OCc2ccccc2)CC1. The van der Waals surface area contributed by atoms with E-state index < -0.39 is 12.1 Å². The molecule has 0 unspecified atom stereocenters. The molecule has 1 saturated carbocycles. The number of benzene rings is 2. The van der Waals surface area contributed by atoms with Gasteiger partial charge in [0.2, 0.25) is 0 Å². The van der Waals surface area contributed by atoms with Gasteiger partial charge in [0.15, 0.2) is 0 Å². The van der Waals surface area contributed by atoms with Gasteiger partial charge in [0.25, 0.3) is 0 Å². The van der Waals surface area contributed by atoms with E-state index in [1.165, 1.54) is 0 Å². The van der Waals surface area contributed by atoms with Gasteiger partial charge in [-0.2, -0.15) is 0 Å². The number of anilines is 1. The van der Waals surface area contributed by atoms with Crippen molar-refractivity contribution in [3.05, 3.63) is 96.3 Å². The maximum Gasteiger partial charge on any atom is 0.407 e. The number of aromatic nitrogens is 3. The number of pyridine rings is 3. The molecule has 0 aliphatic heterocycles. The van der Waals surface area contributed by atoms with Crippen molar-refractivity contribution < 1.29 is 19.1 Å². The Labute approximate surface area is 249 Å². The number of para-hydroxylation sites is 1. The molecular weight excluding hydrogens is 542 g/mol. The average Bonchev–Trinajstić information content (AvgIpc) is 3.05. The van der Waals surface area contributed by atoms with Crippen LogP contribution in [-0.4, -0.2) is 45.7 Å². The first-order chi connectivity index (χ1) is 21.1. The van der Waals surface area contributed by atoms with Gasteiger partial charge in [0, 0.05) is 35.4 Å². The van der Waals surface area contributed by atoms with Crippen molar-refractivity contribution in [1.82, 2.24) is 20.3 Å². The lowest BCUT2D eigenvalue weighted by molar-refractivity contribution is 0.0527. The van der Waals surface area contributed by atoms with Crippen LogP contribution in [0.2, 0.25) is 0 Å². The van der Waals surface area contributed by atoms with Crippen LogP contribution in [0.5, 0.6) is 0 Å². The number of carbonyl (C=O) groups is 2. The van der Waals surface area contributed by atoms with Crippen LogP contribution in [-0.2, 0) is 16.1 Å². The molecular formula is C34H33N5O4. The highest BCUT2D eigenvalue weighted by molar-refractivity contribution is 6.04. The first-order valence-corrected chi connectivity index (χ1v) is 14.6. The number of hydrogen-bond donors (Lipinski definition) is 2. The molecule has 5 aromatic rings. The van der Waals surface area contributed by atoms with Crippen LogP contribution < -0.4 is 10.6 Å². The molecule has 1 aliphatic carbocycles. The number of alkyl carbamates (subject to hydrolysis) is 1. The van der Waals surface area contributed by atoms with Crippen LogP contribution in [0, 0.1) is 0 Å². The predicted octanol–water partition coefficient (Wildman–Crippen LogP) is 6.67. The van der Waals surface area contributed by atoms with Crippen LogP contribution in [0.3, 0.4) is 0 Å². The highest BCUT2D eigenvalue weighted by atomic mass is 16.5. The fraction of sp³-hybridized carbons (Fsp3) is 0.265. The van der Waals surface area contributed by atoms with Crippen molar-refractivity contribution in [2.24, 2.45) is 0 Å². The number of amides is 1. The Bertz CT molecular complexity index is 1750. The largest absolute Gasteiger partial charge is 0.462 e. The van der Waals surface area contributed by atoms with Crippen molar-refractivity contribution >= 4 is 39.7 Å². The number of rotatable bonds is 8. The Hall–Kier alpha value is -5.05. The summed E-state index contributed by atoms with van der Waals surface area (Å²) >= 11 is 0. The van der Waals surface area contributed by atoms with Crippen molar-refractivity contribution in [2.45, 2.75) is 51.3 Å². The maximum atomic E-state index is 13.0. The van der Waals surface area contributed by atoms with E-state index in [9.17, 15) is 9.59 Å². The third-order valence-corrected chi connectivity index (χ3v) is 7.70. The Morgan fingerprint density at radius 1 is 0.837 bits per heavy atom. The fourth-order valence-electron chi connectivity index (χ4n) is 5.47. The second kappa shape index (κ2) is 12.9. The molecule has 0 bridgehead atoms. The third kappa shape index (κ3) is 6.56. The van der Waals surface area contributed by atoms with Crippen LogP contribution in [0.1, 0.15) is 48.5 Å².